The van der Waals surface area contributed by atoms with Crippen LogP contribution in [0.5, 0.6) is 0 Å². The molecule has 3 nitrogen and oxygen atoms in total. The summed E-state index contributed by atoms with van der Waals surface area (Å²) in [5.74, 6) is 0. The second-order valence-corrected chi connectivity index (χ2v) is 5.47. The number of benzene rings is 2. The molecule has 0 spiro atoms. The van der Waals surface area contributed by atoms with Crippen molar-refractivity contribution in [2.24, 2.45) is 0 Å². The van der Waals surface area contributed by atoms with Gasteiger partial charge >= 0.3 is 0 Å². The molecular formula is C21H17N3. The Morgan fingerprint density at radius 2 is 1.58 bits per heavy atom. The Hall–Kier alpha value is -3.07. The van der Waals surface area contributed by atoms with Crippen LogP contribution in [0.4, 0.5) is 0 Å². The molecule has 0 aliphatic carbocycles. The van der Waals surface area contributed by atoms with Crippen LogP contribution in [-0.2, 0) is 0 Å². The van der Waals surface area contributed by atoms with Crippen LogP contribution in [0.25, 0.3) is 33.3 Å². The van der Waals surface area contributed by atoms with Crippen molar-refractivity contribution in [1.29, 1.82) is 0 Å². The van der Waals surface area contributed by atoms with Gasteiger partial charge in [0.1, 0.15) is 6.33 Å². The maximum absolute atomic E-state index is 7.57. The van der Waals surface area contributed by atoms with Crippen molar-refractivity contribution >= 4 is 10.9 Å². The number of fused-ring (bicyclic) bond motifs is 1. The molecule has 0 atom stereocenters. The lowest BCUT2D eigenvalue weighted by Crippen LogP contribution is -1.89. The lowest BCUT2D eigenvalue weighted by molar-refractivity contribution is 1.11. The molecule has 0 saturated carbocycles. The van der Waals surface area contributed by atoms with Crippen LogP contribution in [-0.4, -0.2) is 15.0 Å². The predicted molar refractivity (Wildman–Crippen MR) is 97.7 cm³/mol. The van der Waals surface area contributed by atoms with Crippen LogP contribution in [0.1, 0.15) is 19.6 Å². The largest absolute Gasteiger partial charge is 0.253 e. The Morgan fingerprint density at radius 1 is 0.750 bits per heavy atom. The van der Waals surface area contributed by atoms with Gasteiger partial charge in [-0.3, -0.25) is 4.98 Å². The van der Waals surface area contributed by atoms with Crippen LogP contribution in [0.3, 0.4) is 0 Å². The van der Waals surface area contributed by atoms with E-state index in [2.05, 4.69) is 15.0 Å². The van der Waals surface area contributed by atoms with Gasteiger partial charge in [-0.25, -0.2) is 9.97 Å². The van der Waals surface area contributed by atoms with Gasteiger partial charge < -0.3 is 0 Å². The van der Waals surface area contributed by atoms with Crippen molar-refractivity contribution in [1.82, 2.24) is 15.0 Å². The average Bonchev–Trinajstić information content (AvgIpc) is 2.72. The molecule has 0 unspecified atom stereocenters. The molecule has 0 aliphatic rings. The summed E-state index contributed by atoms with van der Waals surface area (Å²) in [5.41, 5.74) is 3.66. The van der Waals surface area contributed by atoms with Gasteiger partial charge in [-0.15, -0.1) is 0 Å². The minimum atomic E-state index is -2.31. The van der Waals surface area contributed by atoms with Crippen molar-refractivity contribution in [2.45, 2.75) is 13.7 Å². The summed E-state index contributed by atoms with van der Waals surface area (Å²) in [6.07, 6.45) is 1.25. The van der Waals surface area contributed by atoms with Gasteiger partial charge in [-0.1, -0.05) is 36.4 Å². The van der Waals surface area contributed by atoms with E-state index in [1.165, 1.54) is 18.5 Å². The summed E-state index contributed by atoms with van der Waals surface area (Å²) >= 11 is 0. The molecule has 2 aromatic carbocycles. The summed E-state index contributed by atoms with van der Waals surface area (Å²) in [6, 6.07) is 17.9. The van der Waals surface area contributed by atoms with E-state index < -0.39 is 13.7 Å². The molecule has 2 heterocycles. The van der Waals surface area contributed by atoms with Crippen LogP contribution in [0.2, 0.25) is 0 Å². The standard InChI is InChI=1S/C21H17N3/c1-14-6-7-16-8-9-18(12-21(16)24-14)17-4-3-5-19(11-17)20-10-15(2)22-13-23-20/h3-13H,1-2H3/i1D3,2D3. The zero-order valence-electron chi connectivity index (χ0n) is 18.7. The van der Waals surface area contributed by atoms with Crippen LogP contribution in [0.15, 0.2) is 67.0 Å². The molecule has 24 heavy (non-hydrogen) atoms. The number of hydrogen-bond acceptors (Lipinski definition) is 3. The van der Waals surface area contributed by atoms with Gasteiger partial charge in [0.05, 0.1) is 11.2 Å². The van der Waals surface area contributed by atoms with E-state index in [0.717, 1.165) is 22.1 Å². The highest BCUT2D eigenvalue weighted by atomic mass is 14.8. The van der Waals surface area contributed by atoms with Crippen LogP contribution < -0.4 is 0 Å². The second kappa shape index (κ2) is 5.85. The van der Waals surface area contributed by atoms with E-state index in [1.54, 1.807) is 6.07 Å². The highest BCUT2D eigenvalue weighted by molar-refractivity contribution is 5.85. The molecule has 0 amide bonds. The first-order valence-corrected chi connectivity index (χ1v) is 7.46. The normalized spacial score (nSPS) is 15.7. The third kappa shape index (κ3) is 2.76. The molecule has 0 N–H and O–H groups in total. The molecule has 0 fully saturated rings. The first-order valence-electron chi connectivity index (χ1n) is 10.5. The van der Waals surface area contributed by atoms with E-state index >= 15 is 0 Å². The predicted octanol–water partition coefficient (Wildman–Crippen LogP) is 4.98. The third-order valence-electron chi connectivity index (χ3n) is 3.85. The zero-order chi connectivity index (χ0) is 21.5. The Morgan fingerprint density at radius 3 is 2.50 bits per heavy atom. The number of aryl methyl sites for hydroxylation is 2. The molecule has 4 rings (SSSR count). The summed E-state index contributed by atoms with van der Waals surface area (Å²) in [5, 5.41) is 0.848. The van der Waals surface area contributed by atoms with E-state index in [0.29, 0.717) is 11.2 Å². The van der Waals surface area contributed by atoms with Crippen molar-refractivity contribution in [3.8, 4) is 22.4 Å². The van der Waals surface area contributed by atoms with E-state index in [1.807, 2.05) is 42.5 Å². The first-order chi connectivity index (χ1) is 14.1. The molecule has 0 radical (unpaired) electrons. The lowest BCUT2D eigenvalue weighted by Gasteiger charge is -2.07. The minimum absolute atomic E-state index is 0.00926. The van der Waals surface area contributed by atoms with Crippen molar-refractivity contribution in [3.63, 3.8) is 0 Å². The van der Waals surface area contributed by atoms with Crippen LogP contribution in [0, 0.1) is 13.7 Å². The third-order valence-corrected chi connectivity index (χ3v) is 3.85. The van der Waals surface area contributed by atoms with Crippen molar-refractivity contribution in [3.05, 3.63) is 78.4 Å². The monoisotopic (exact) mass is 317 g/mol. The van der Waals surface area contributed by atoms with Gasteiger partial charge in [0.25, 0.3) is 0 Å². The fourth-order valence-electron chi connectivity index (χ4n) is 2.67. The van der Waals surface area contributed by atoms with Gasteiger partial charge in [0.15, 0.2) is 0 Å². The minimum Gasteiger partial charge on any atom is -0.253 e. The van der Waals surface area contributed by atoms with Crippen molar-refractivity contribution in [2.75, 3.05) is 0 Å². The lowest BCUT2D eigenvalue weighted by atomic mass is 10.00. The topological polar surface area (TPSA) is 38.7 Å². The van der Waals surface area contributed by atoms with E-state index in [-0.39, 0.29) is 11.4 Å². The van der Waals surface area contributed by atoms with Gasteiger partial charge in [0.2, 0.25) is 0 Å². The maximum atomic E-state index is 7.57. The average molecular weight is 317 g/mol. The second-order valence-electron chi connectivity index (χ2n) is 5.47. The molecule has 0 aliphatic heterocycles. The number of nitrogens with zero attached hydrogens (tertiary/aromatic N) is 3. The Balaban J connectivity index is 1.76. The molecular weight excluding hydrogens is 294 g/mol. The zero-order valence-corrected chi connectivity index (χ0v) is 12.7. The number of pyridine rings is 1. The number of aromatic nitrogens is 3. The fraction of sp³-hybridized carbons (Fsp3) is 0.0952. The molecule has 4 aromatic rings. The summed E-state index contributed by atoms with van der Waals surface area (Å²) in [6.45, 7) is -4.57. The Kier molecular flexibility index (Phi) is 2.26. The molecule has 3 heteroatoms. The summed E-state index contributed by atoms with van der Waals surface area (Å²) in [4.78, 5) is 12.4. The molecule has 2 aromatic heterocycles. The van der Waals surface area contributed by atoms with Crippen molar-refractivity contribution < 1.29 is 8.22 Å². The first kappa shape index (κ1) is 9.28. The highest BCUT2D eigenvalue weighted by Crippen LogP contribution is 2.27. The molecule has 116 valence electrons. The van der Waals surface area contributed by atoms with Gasteiger partial charge in [0, 0.05) is 30.6 Å². The fourth-order valence-corrected chi connectivity index (χ4v) is 2.67. The van der Waals surface area contributed by atoms with Gasteiger partial charge in [-0.05, 0) is 49.1 Å². The maximum Gasteiger partial charge on any atom is 0.116 e. The number of rotatable bonds is 2. The van der Waals surface area contributed by atoms with Crippen LogP contribution >= 0.6 is 0 Å². The van der Waals surface area contributed by atoms with E-state index in [4.69, 9.17) is 8.22 Å². The highest BCUT2D eigenvalue weighted by Gasteiger charge is 2.05. The SMILES string of the molecule is [2H]C([2H])([2H])c1cc(-c2cccc(-c3ccc4ccc(C([2H])([2H])[2H])nc4c3)c2)ncn1. The quantitative estimate of drug-likeness (QED) is 0.523. The van der Waals surface area contributed by atoms with E-state index in [9.17, 15) is 0 Å². The van der Waals surface area contributed by atoms with Gasteiger partial charge in [-0.2, -0.15) is 0 Å². The Bertz CT molecular complexity index is 1230. The molecule has 0 bridgehead atoms. The Labute approximate surface area is 149 Å². The summed E-state index contributed by atoms with van der Waals surface area (Å²) in [7, 11) is 0. The molecule has 0 saturated heterocycles. The summed E-state index contributed by atoms with van der Waals surface area (Å²) < 4.78 is 45.3. The smallest absolute Gasteiger partial charge is 0.116 e. The number of hydrogen-bond donors (Lipinski definition) is 0.